The molecule has 92 valence electrons. The molecule has 0 spiro atoms. The average molecular weight is 257 g/mol. The first-order chi connectivity index (χ1) is 8.70. The molecule has 0 fully saturated rings. The fourth-order valence-electron chi connectivity index (χ4n) is 1.72. The van der Waals surface area contributed by atoms with Crippen LogP contribution in [0.1, 0.15) is 27.0 Å². The maximum atomic E-state index is 10.6. The molecule has 2 rings (SSSR count). The number of pyridine rings is 1. The van der Waals surface area contributed by atoms with Crippen LogP contribution in [0.15, 0.2) is 41.6 Å². The van der Waals surface area contributed by atoms with E-state index in [1.54, 1.807) is 18.0 Å². The summed E-state index contributed by atoms with van der Waals surface area (Å²) >= 11 is 1.71. The number of hydrogen-bond donors (Lipinski definition) is 0. The fourth-order valence-corrected chi connectivity index (χ4v) is 2.75. The molecule has 0 radical (unpaired) electrons. The summed E-state index contributed by atoms with van der Waals surface area (Å²) in [5.74, 6) is 0.904. The van der Waals surface area contributed by atoms with E-state index in [9.17, 15) is 4.79 Å². The molecule has 1 aromatic carbocycles. The Morgan fingerprint density at radius 3 is 2.67 bits per heavy atom. The van der Waals surface area contributed by atoms with E-state index in [0.717, 1.165) is 22.6 Å². The van der Waals surface area contributed by atoms with Gasteiger partial charge in [-0.3, -0.25) is 4.79 Å². The molecule has 0 N–H and O–H groups in total. The molecule has 0 atom stereocenters. The standard InChI is InChI=1S/C15H15NOS/c1-11-5-3-4-6-14(11)10-18-15-12(2)7-13(9-17)8-16-15/h3-9H,10H2,1-2H3. The summed E-state index contributed by atoms with van der Waals surface area (Å²) in [6.45, 7) is 4.10. The summed E-state index contributed by atoms with van der Waals surface area (Å²) in [6.07, 6.45) is 2.45. The van der Waals surface area contributed by atoms with E-state index in [4.69, 9.17) is 0 Å². The summed E-state index contributed by atoms with van der Waals surface area (Å²) in [5, 5.41) is 0.990. The second kappa shape index (κ2) is 5.83. The van der Waals surface area contributed by atoms with Gasteiger partial charge in [-0.25, -0.2) is 4.98 Å². The topological polar surface area (TPSA) is 30.0 Å². The van der Waals surface area contributed by atoms with Crippen molar-refractivity contribution in [2.24, 2.45) is 0 Å². The highest BCUT2D eigenvalue weighted by Gasteiger charge is 2.04. The molecule has 0 bridgehead atoms. The molecule has 0 amide bonds. The van der Waals surface area contributed by atoms with Crippen LogP contribution in [0, 0.1) is 13.8 Å². The van der Waals surface area contributed by atoms with Crippen molar-refractivity contribution in [3.8, 4) is 0 Å². The highest BCUT2D eigenvalue weighted by molar-refractivity contribution is 7.98. The van der Waals surface area contributed by atoms with Crippen molar-refractivity contribution >= 4 is 18.0 Å². The number of aldehydes is 1. The van der Waals surface area contributed by atoms with Crippen LogP contribution < -0.4 is 0 Å². The van der Waals surface area contributed by atoms with Crippen LogP contribution in [-0.4, -0.2) is 11.3 Å². The number of nitrogens with zero attached hydrogens (tertiary/aromatic N) is 1. The zero-order valence-corrected chi connectivity index (χ0v) is 11.3. The highest BCUT2D eigenvalue weighted by Crippen LogP contribution is 2.25. The van der Waals surface area contributed by atoms with Crippen LogP contribution in [0.4, 0.5) is 0 Å². The number of aryl methyl sites for hydroxylation is 2. The number of aromatic nitrogens is 1. The van der Waals surface area contributed by atoms with Crippen molar-refractivity contribution in [1.29, 1.82) is 0 Å². The first-order valence-corrected chi connectivity index (χ1v) is 6.78. The smallest absolute Gasteiger partial charge is 0.151 e. The SMILES string of the molecule is Cc1ccccc1CSc1ncc(C=O)cc1C. The molecule has 2 aromatic rings. The van der Waals surface area contributed by atoms with Gasteiger partial charge < -0.3 is 0 Å². The van der Waals surface area contributed by atoms with Gasteiger partial charge in [-0.2, -0.15) is 0 Å². The van der Waals surface area contributed by atoms with E-state index >= 15 is 0 Å². The van der Waals surface area contributed by atoms with Gasteiger partial charge in [0, 0.05) is 17.5 Å². The molecule has 2 nitrogen and oxygen atoms in total. The first-order valence-electron chi connectivity index (χ1n) is 5.80. The summed E-state index contributed by atoms with van der Waals surface area (Å²) in [6, 6.07) is 10.2. The summed E-state index contributed by atoms with van der Waals surface area (Å²) in [7, 11) is 0. The molecule has 0 aliphatic heterocycles. The Morgan fingerprint density at radius 2 is 2.00 bits per heavy atom. The predicted octanol–water partition coefficient (Wildman–Crippen LogP) is 3.80. The molecule has 0 aliphatic carbocycles. The van der Waals surface area contributed by atoms with Crippen LogP contribution in [-0.2, 0) is 5.75 Å². The number of benzene rings is 1. The zero-order chi connectivity index (χ0) is 13.0. The van der Waals surface area contributed by atoms with Crippen LogP contribution in [0.25, 0.3) is 0 Å². The molecule has 0 unspecified atom stereocenters. The third kappa shape index (κ3) is 2.99. The second-order valence-electron chi connectivity index (χ2n) is 4.22. The molecule has 0 saturated carbocycles. The van der Waals surface area contributed by atoms with Crippen molar-refractivity contribution in [2.45, 2.75) is 24.6 Å². The molecule has 1 aromatic heterocycles. The van der Waals surface area contributed by atoms with Crippen molar-refractivity contribution in [1.82, 2.24) is 4.98 Å². The quantitative estimate of drug-likeness (QED) is 0.616. The highest BCUT2D eigenvalue weighted by atomic mass is 32.2. The fraction of sp³-hybridized carbons (Fsp3) is 0.200. The lowest BCUT2D eigenvalue weighted by Crippen LogP contribution is -1.91. The van der Waals surface area contributed by atoms with Gasteiger partial charge in [-0.05, 0) is 36.6 Å². The molecule has 18 heavy (non-hydrogen) atoms. The van der Waals surface area contributed by atoms with Gasteiger partial charge in [0.05, 0.1) is 5.03 Å². The van der Waals surface area contributed by atoms with Gasteiger partial charge in [-0.1, -0.05) is 24.3 Å². The largest absolute Gasteiger partial charge is 0.298 e. The Bertz CT molecular complexity index is 566. The zero-order valence-electron chi connectivity index (χ0n) is 10.5. The number of carbonyl (C=O) groups excluding carboxylic acids is 1. The number of rotatable bonds is 4. The van der Waals surface area contributed by atoms with E-state index in [2.05, 4.69) is 30.1 Å². The lowest BCUT2D eigenvalue weighted by atomic mass is 10.1. The van der Waals surface area contributed by atoms with Gasteiger partial charge in [0.15, 0.2) is 6.29 Å². The Hall–Kier alpha value is -1.61. The number of hydrogen-bond acceptors (Lipinski definition) is 3. The van der Waals surface area contributed by atoms with Crippen molar-refractivity contribution < 1.29 is 4.79 Å². The minimum atomic E-state index is 0.632. The maximum absolute atomic E-state index is 10.6. The van der Waals surface area contributed by atoms with Crippen LogP contribution in [0.3, 0.4) is 0 Å². The first kappa shape index (κ1) is 12.8. The number of carbonyl (C=O) groups is 1. The van der Waals surface area contributed by atoms with E-state index in [1.807, 2.05) is 19.1 Å². The third-order valence-electron chi connectivity index (χ3n) is 2.81. The molecule has 1 heterocycles. The van der Waals surface area contributed by atoms with Gasteiger partial charge in [0.25, 0.3) is 0 Å². The Balaban J connectivity index is 2.11. The lowest BCUT2D eigenvalue weighted by Gasteiger charge is -2.07. The van der Waals surface area contributed by atoms with Gasteiger partial charge in [0.1, 0.15) is 0 Å². The lowest BCUT2D eigenvalue weighted by molar-refractivity contribution is 0.112. The normalized spacial score (nSPS) is 10.3. The van der Waals surface area contributed by atoms with Gasteiger partial charge >= 0.3 is 0 Å². The van der Waals surface area contributed by atoms with Crippen molar-refractivity contribution in [3.05, 3.63) is 58.8 Å². The molecule has 0 aliphatic rings. The van der Waals surface area contributed by atoms with Crippen molar-refractivity contribution in [2.75, 3.05) is 0 Å². The average Bonchev–Trinajstić information content (AvgIpc) is 2.39. The summed E-state index contributed by atoms with van der Waals surface area (Å²) in [5.41, 5.74) is 4.31. The molecular weight excluding hydrogens is 242 g/mol. The maximum Gasteiger partial charge on any atom is 0.151 e. The van der Waals surface area contributed by atoms with Crippen LogP contribution in [0.2, 0.25) is 0 Å². The molecular formula is C15H15NOS. The van der Waals surface area contributed by atoms with Gasteiger partial charge in [-0.15, -0.1) is 11.8 Å². The van der Waals surface area contributed by atoms with Crippen LogP contribution >= 0.6 is 11.8 Å². The minimum absolute atomic E-state index is 0.632. The Morgan fingerprint density at radius 1 is 1.22 bits per heavy atom. The third-order valence-corrected chi connectivity index (χ3v) is 3.97. The van der Waals surface area contributed by atoms with Crippen molar-refractivity contribution in [3.63, 3.8) is 0 Å². The Labute approximate surface area is 111 Å². The van der Waals surface area contributed by atoms with Gasteiger partial charge in [0.2, 0.25) is 0 Å². The molecule has 3 heteroatoms. The minimum Gasteiger partial charge on any atom is -0.298 e. The number of thioether (sulfide) groups is 1. The summed E-state index contributed by atoms with van der Waals surface area (Å²) < 4.78 is 0. The van der Waals surface area contributed by atoms with Crippen LogP contribution in [0.5, 0.6) is 0 Å². The van der Waals surface area contributed by atoms with E-state index in [1.165, 1.54) is 11.1 Å². The van der Waals surface area contributed by atoms with E-state index in [-0.39, 0.29) is 0 Å². The monoisotopic (exact) mass is 257 g/mol. The molecule has 0 saturated heterocycles. The predicted molar refractivity (Wildman–Crippen MR) is 75.1 cm³/mol. The van der Waals surface area contributed by atoms with E-state index in [0.29, 0.717) is 5.56 Å². The summed E-state index contributed by atoms with van der Waals surface area (Å²) in [4.78, 5) is 15.0. The Kier molecular flexibility index (Phi) is 4.15. The second-order valence-corrected chi connectivity index (χ2v) is 5.19. The van der Waals surface area contributed by atoms with E-state index < -0.39 is 0 Å².